The largest absolute Gasteiger partial charge is 0.490 e. The lowest BCUT2D eigenvalue weighted by Gasteiger charge is -2.20. The van der Waals surface area contributed by atoms with Crippen LogP contribution in [0.15, 0.2) is 53.4 Å². The molecule has 9 nitrogen and oxygen atoms in total. The fourth-order valence-corrected chi connectivity index (χ4v) is 4.45. The Kier molecular flexibility index (Phi) is 4.50. The third kappa shape index (κ3) is 3.42. The van der Waals surface area contributed by atoms with Crippen LogP contribution in [0.4, 0.5) is 4.79 Å². The molecule has 1 aliphatic carbocycles. The number of carbonyl (C=O) groups excluding carboxylic acids is 1. The Balaban J connectivity index is 1.20. The summed E-state index contributed by atoms with van der Waals surface area (Å²) in [6.07, 6.45) is 6.39. The molecule has 1 N–H and O–H groups in total. The highest BCUT2D eigenvalue weighted by Crippen LogP contribution is 2.40. The van der Waals surface area contributed by atoms with Crippen molar-refractivity contribution in [2.75, 3.05) is 13.1 Å². The molecule has 1 saturated carbocycles. The molecule has 2 aromatic heterocycles. The van der Waals surface area contributed by atoms with Crippen molar-refractivity contribution < 1.29 is 23.8 Å². The molecular formula is C21H20N4O5. The Morgan fingerprint density at radius 1 is 1.17 bits per heavy atom. The topological polar surface area (TPSA) is 111 Å². The van der Waals surface area contributed by atoms with Crippen molar-refractivity contribution in [3.63, 3.8) is 0 Å². The summed E-state index contributed by atoms with van der Waals surface area (Å²) in [7, 11) is 0. The van der Waals surface area contributed by atoms with Gasteiger partial charge in [0.05, 0.1) is 12.3 Å². The minimum Gasteiger partial charge on any atom is -0.490 e. The van der Waals surface area contributed by atoms with Crippen LogP contribution in [0.5, 0.6) is 5.75 Å². The van der Waals surface area contributed by atoms with E-state index in [-0.39, 0.29) is 17.8 Å². The molecule has 5 rings (SSSR count). The van der Waals surface area contributed by atoms with Crippen molar-refractivity contribution in [3.8, 4) is 17.2 Å². The average molecular weight is 408 g/mol. The fraction of sp³-hybridized carbons (Fsp3) is 0.333. The van der Waals surface area contributed by atoms with Gasteiger partial charge >= 0.3 is 12.0 Å². The lowest BCUT2D eigenvalue weighted by Crippen LogP contribution is -2.34. The molecule has 0 radical (unpaired) electrons. The minimum atomic E-state index is -1.15. The number of hydrogen-bond acceptors (Lipinski definition) is 6. The van der Waals surface area contributed by atoms with E-state index in [0.29, 0.717) is 30.8 Å². The number of fused-ring (bicyclic) bond motifs is 1. The van der Waals surface area contributed by atoms with Gasteiger partial charge in [0.25, 0.3) is 0 Å². The third-order valence-corrected chi connectivity index (χ3v) is 5.80. The van der Waals surface area contributed by atoms with Gasteiger partial charge in [-0.3, -0.25) is 0 Å². The van der Waals surface area contributed by atoms with Crippen molar-refractivity contribution in [2.24, 2.45) is 11.8 Å². The van der Waals surface area contributed by atoms with E-state index in [4.69, 9.17) is 14.3 Å². The Morgan fingerprint density at radius 2 is 1.97 bits per heavy atom. The van der Waals surface area contributed by atoms with Crippen LogP contribution in [-0.4, -0.2) is 56.0 Å². The smallest absolute Gasteiger partial charge is 0.356 e. The molecule has 1 amide bonds. The molecular weight excluding hydrogens is 388 g/mol. The van der Waals surface area contributed by atoms with Crippen molar-refractivity contribution in [1.82, 2.24) is 19.7 Å². The molecule has 0 bridgehead atoms. The molecule has 3 atom stereocenters. The second-order valence-electron chi connectivity index (χ2n) is 7.73. The van der Waals surface area contributed by atoms with Gasteiger partial charge in [-0.2, -0.15) is 9.78 Å². The number of rotatable bonds is 4. The van der Waals surface area contributed by atoms with E-state index in [9.17, 15) is 9.59 Å². The molecule has 2 fully saturated rings. The van der Waals surface area contributed by atoms with Crippen molar-refractivity contribution in [2.45, 2.75) is 18.9 Å². The number of benzene rings is 1. The quantitative estimate of drug-likeness (QED) is 0.706. The molecule has 0 spiro atoms. The van der Waals surface area contributed by atoms with Crippen molar-refractivity contribution in [3.05, 3.63) is 54.7 Å². The van der Waals surface area contributed by atoms with E-state index in [0.717, 1.165) is 28.8 Å². The van der Waals surface area contributed by atoms with Crippen LogP contribution in [0.25, 0.3) is 11.5 Å². The number of ether oxygens (including phenoxy) is 1. The lowest BCUT2D eigenvalue weighted by atomic mass is 10.0. The fourth-order valence-electron chi connectivity index (χ4n) is 4.45. The Morgan fingerprint density at radius 3 is 2.63 bits per heavy atom. The summed E-state index contributed by atoms with van der Waals surface area (Å²) in [5.41, 5.74) is 0.732. The zero-order valence-electron chi connectivity index (χ0n) is 16.0. The summed E-state index contributed by atoms with van der Waals surface area (Å²) >= 11 is 0. The summed E-state index contributed by atoms with van der Waals surface area (Å²) in [5, 5.41) is 12.8. The summed E-state index contributed by atoms with van der Waals surface area (Å²) in [4.78, 5) is 29.5. The predicted octanol–water partition coefficient (Wildman–Crippen LogP) is 2.99. The van der Waals surface area contributed by atoms with E-state index < -0.39 is 5.97 Å². The molecule has 30 heavy (non-hydrogen) atoms. The molecule has 3 aromatic rings. The van der Waals surface area contributed by atoms with E-state index in [2.05, 4.69) is 10.1 Å². The number of aromatic carboxylic acids is 1. The number of carboxylic acids is 1. The van der Waals surface area contributed by atoms with Gasteiger partial charge in [0.1, 0.15) is 12.0 Å². The van der Waals surface area contributed by atoms with E-state index in [1.54, 1.807) is 17.4 Å². The van der Waals surface area contributed by atoms with Crippen LogP contribution in [0.2, 0.25) is 0 Å². The highest BCUT2D eigenvalue weighted by Gasteiger charge is 2.43. The first-order chi connectivity index (χ1) is 14.6. The first-order valence-electron chi connectivity index (χ1n) is 9.81. The van der Waals surface area contributed by atoms with Crippen LogP contribution in [0, 0.1) is 11.8 Å². The van der Waals surface area contributed by atoms with Crippen LogP contribution < -0.4 is 4.74 Å². The highest BCUT2D eigenvalue weighted by atomic mass is 16.5. The molecule has 154 valence electrons. The number of hydrogen-bond donors (Lipinski definition) is 1. The maximum atomic E-state index is 12.6. The highest BCUT2D eigenvalue weighted by molar-refractivity contribution is 5.86. The summed E-state index contributed by atoms with van der Waals surface area (Å²) in [6.45, 7) is 1.25. The van der Waals surface area contributed by atoms with Gasteiger partial charge in [0.2, 0.25) is 5.89 Å². The number of aromatic nitrogens is 3. The summed E-state index contributed by atoms with van der Waals surface area (Å²) in [6, 6.07) is 8.74. The molecule has 1 unspecified atom stereocenters. The van der Waals surface area contributed by atoms with Gasteiger partial charge in [-0.1, -0.05) is 6.07 Å². The standard InChI is InChI=1S/C21H20N4O5/c26-20(27)18-4-6-25(23-18)21(28)24-11-14-9-17(10-15(14)12-24)30-16-3-1-2-13(8-16)19-22-5-7-29-19/h1-8,14-15,17H,9-12H2,(H,26,27)/t14-,15+,17?. The summed E-state index contributed by atoms with van der Waals surface area (Å²) in [5.74, 6) is 0.919. The molecule has 1 aliphatic heterocycles. The molecule has 1 aromatic carbocycles. The van der Waals surface area contributed by atoms with Crippen LogP contribution >= 0.6 is 0 Å². The summed E-state index contributed by atoms with van der Waals surface area (Å²) < 4.78 is 12.7. The zero-order chi connectivity index (χ0) is 20.7. The lowest BCUT2D eigenvalue weighted by molar-refractivity contribution is 0.0690. The van der Waals surface area contributed by atoms with Gasteiger partial charge in [-0.05, 0) is 48.9 Å². The van der Waals surface area contributed by atoms with Gasteiger partial charge in [0, 0.05) is 24.8 Å². The van der Waals surface area contributed by atoms with Gasteiger partial charge < -0.3 is 19.2 Å². The second kappa shape index (κ2) is 7.33. The molecule has 2 aliphatic rings. The van der Waals surface area contributed by atoms with Crippen LogP contribution in [-0.2, 0) is 0 Å². The van der Waals surface area contributed by atoms with Crippen molar-refractivity contribution in [1.29, 1.82) is 0 Å². The normalized spacial score (nSPS) is 22.8. The number of amides is 1. The second-order valence-corrected chi connectivity index (χ2v) is 7.73. The van der Waals surface area contributed by atoms with Gasteiger partial charge in [-0.25, -0.2) is 14.6 Å². The number of likely N-dealkylation sites (tertiary alicyclic amines) is 1. The first-order valence-corrected chi connectivity index (χ1v) is 9.81. The number of carboxylic acid groups (broad SMARTS) is 1. The molecule has 1 saturated heterocycles. The van der Waals surface area contributed by atoms with E-state index >= 15 is 0 Å². The average Bonchev–Trinajstić information content (AvgIpc) is 3.50. The van der Waals surface area contributed by atoms with Gasteiger partial charge in [-0.15, -0.1) is 0 Å². The maximum Gasteiger partial charge on any atom is 0.356 e. The number of carbonyl (C=O) groups is 2. The van der Waals surface area contributed by atoms with Gasteiger partial charge in [0.15, 0.2) is 5.69 Å². The predicted molar refractivity (Wildman–Crippen MR) is 104 cm³/mol. The van der Waals surface area contributed by atoms with E-state index in [1.165, 1.54) is 12.3 Å². The first kappa shape index (κ1) is 18.4. The SMILES string of the molecule is O=C(O)c1ccn(C(=O)N2C[C@H]3CC(Oc4cccc(-c5ncco5)c4)C[C@H]3C2)n1. The van der Waals surface area contributed by atoms with Crippen LogP contribution in [0.3, 0.4) is 0 Å². The monoisotopic (exact) mass is 408 g/mol. The van der Waals surface area contributed by atoms with Crippen molar-refractivity contribution >= 4 is 12.0 Å². The number of oxazole rings is 1. The van der Waals surface area contributed by atoms with Crippen LogP contribution in [0.1, 0.15) is 23.3 Å². The number of nitrogens with zero attached hydrogens (tertiary/aromatic N) is 4. The molecule has 3 heterocycles. The zero-order valence-corrected chi connectivity index (χ0v) is 16.0. The minimum absolute atomic E-state index is 0.0976. The third-order valence-electron chi connectivity index (χ3n) is 5.80. The Labute approximate surface area is 171 Å². The Hall–Kier alpha value is -3.62. The maximum absolute atomic E-state index is 12.6. The van der Waals surface area contributed by atoms with E-state index in [1.807, 2.05) is 24.3 Å². The Bertz CT molecular complexity index is 1060. The molecule has 9 heteroatoms.